The minimum Gasteiger partial charge on any atom is -0.355 e. The summed E-state index contributed by atoms with van der Waals surface area (Å²) in [5, 5.41) is 8.65. The molecule has 3 rings (SSSR count). The van der Waals surface area contributed by atoms with Gasteiger partial charge in [0.05, 0.1) is 17.5 Å². The molecule has 0 unspecified atom stereocenters. The summed E-state index contributed by atoms with van der Waals surface area (Å²) in [5.41, 5.74) is 5.73. The molecule has 30 heavy (non-hydrogen) atoms. The highest BCUT2D eigenvalue weighted by atomic mass is 16.1. The maximum absolute atomic E-state index is 12.6. The van der Waals surface area contributed by atoms with Crippen LogP contribution in [0.5, 0.6) is 0 Å². The molecule has 0 atom stereocenters. The normalized spacial score (nSPS) is 11.7. The lowest BCUT2D eigenvalue weighted by Gasteiger charge is -2.22. The van der Waals surface area contributed by atoms with Gasteiger partial charge >= 0.3 is 0 Å². The van der Waals surface area contributed by atoms with Gasteiger partial charge in [0, 0.05) is 19.0 Å². The highest BCUT2D eigenvalue weighted by molar-refractivity contribution is 5.88. The summed E-state index contributed by atoms with van der Waals surface area (Å²) in [5.74, 6) is -0.0899. The highest BCUT2D eigenvalue weighted by Gasteiger charge is 2.17. The first-order chi connectivity index (χ1) is 14.1. The van der Waals surface area contributed by atoms with E-state index in [4.69, 9.17) is 0 Å². The first-order valence-corrected chi connectivity index (χ1v) is 10.4. The van der Waals surface area contributed by atoms with Crippen molar-refractivity contribution in [2.45, 2.75) is 52.9 Å². The molecule has 0 aliphatic carbocycles. The number of aromatic nitrogens is 2. The lowest BCUT2D eigenvalue weighted by Crippen LogP contribution is -2.29. The van der Waals surface area contributed by atoms with E-state index >= 15 is 0 Å². The summed E-state index contributed by atoms with van der Waals surface area (Å²) in [6.45, 7) is 11.5. The zero-order chi connectivity index (χ0) is 22.1. The van der Waals surface area contributed by atoms with Gasteiger partial charge in [-0.2, -0.15) is 5.10 Å². The second-order valence-corrected chi connectivity index (χ2v) is 9.04. The second kappa shape index (κ2) is 8.42. The van der Waals surface area contributed by atoms with Gasteiger partial charge < -0.3 is 5.32 Å². The molecule has 5 nitrogen and oxygen atoms in total. The number of benzene rings is 2. The molecule has 0 spiro atoms. The number of hydrogen-bond donors (Lipinski definition) is 1. The van der Waals surface area contributed by atoms with Crippen molar-refractivity contribution in [3.63, 3.8) is 0 Å². The molecule has 2 aromatic carbocycles. The van der Waals surface area contributed by atoms with Crippen LogP contribution >= 0.6 is 0 Å². The Morgan fingerprint density at radius 2 is 1.67 bits per heavy atom. The average molecular weight is 406 g/mol. The third kappa shape index (κ3) is 4.61. The van der Waals surface area contributed by atoms with Crippen LogP contribution in [0.25, 0.3) is 10.8 Å². The number of carbonyl (C=O) groups excluding carboxylic acids is 1. The van der Waals surface area contributed by atoms with E-state index in [1.165, 1.54) is 26.9 Å². The molecule has 1 aromatic heterocycles. The number of fused-ring (bicyclic) bond motifs is 1. The summed E-state index contributed by atoms with van der Waals surface area (Å²) in [4.78, 5) is 24.8. The SMILES string of the molecule is Cc1cc(C(C)(C)C)cc(C)c1CCNC(=O)Cc1nn(C)c(=O)c2ccccc12. The quantitative estimate of drug-likeness (QED) is 0.703. The zero-order valence-corrected chi connectivity index (χ0v) is 18.8. The van der Waals surface area contributed by atoms with Crippen LogP contribution in [0.15, 0.2) is 41.2 Å². The van der Waals surface area contributed by atoms with Gasteiger partial charge in [0.25, 0.3) is 5.56 Å². The molecule has 0 radical (unpaired) electrons. The molecule has 158 valence electrons. The molecular weight excluding hydrogens is 374 g/mol. The van der Waals surface area contributed by atoms with Crippen LogP contribution in [0.2, 0.25) is 0 Å². The number of carbonyl (C=O) groups is 1. The molecule has 0 fully saturated rings. The minimum absolute atomic E-state index is 0.0899. The Kier molecular flexibility index (Phi) is 6.11. The van der Waals surface area contributed by atoms with Crippen molar-refractivity contribution in [3.05, 3.63) is 74.7 Å². The third-order valence-electron chi connectivity index (χ3n) is 5.62. The summed E-state index contributed by atoms with van der Waals surface area (Å²) in [6, 6.07) is 11.8. The number of nitrogens with one attached hydrogen (secondary N) is 1. The van der Waals surface area contributed by atoms with Gasteiger partial charge in [0.15, 0.2) is 0 Å². The van der Waals surface area contributed by atoms with E-state index in [-0.39, 0.29) is 23.3 Å². The first kappa shape index (κ1) is 21.8. The maximum Gasteiger partial charge on any atom is 0.274 e. The van der Waals surface area contributed by atoms with E-state index in [2.05, 4.69) is 57.2 Å². The van der Waals surface area contributed by atoms with Gasteiger partial charge in [-0.15, -0.1) is 0 Å². The second-order valence-electron chi connectivity index (χ2n) is 9.04. The summed E-state index contributed by atoms with van der Waals surface area (Å²) >= 11 is 0. The van der Waals surface area contributed by atoms with Crippen molar-refractivity contribution < 1.29 is 4.79 Å². The Morgan fingerprint density at radius 3 is 2.27 bits per heavy atom. The van der Waals surface area contributed by atoms with E-state index in [0.29, 0.717) is 17.6 Å². The van der Waals surface area contributed by atoms with Crippen LogP contribution in [0.4, 0.5) is 0 Å². The Labute approximate surface area is 178 Å². The van der Waals surface area contributed by atoms with E-state index in [0.717, 1.165) is 11.8 Å². The predicted octanol–water partition coefficient (Wildman–Crippen LogP) is 3.75. The van der Waals surface area contributed by atoms with Crippen molar-refractivity contribution in [1.29, 1.82) is 0 Å². The van der Waals surface area contributed by atoms with Gasteiger partial charge in [-0.05, 0) is 54.0 Å². The number of amides is 1. The van der Waals surface area contributed by atoms with E-state index in [1.807, 2.05) is 18.2 Å². The smallest absolute Gasteiger partial charge is 0.274 e. The lowest BCUT2D eigenvalue weighted by atomic mass is 9.83. The molecule has 5 heteroatoms. The zero-order valence-electron chi connectivity index (χ0n) is 18.8. The maximum atomic E-state index is 12.6. The summed E-state index contributed by atoms with van der Waals surface area (Å²) in [7, 11) is 1.61. The number of hydrogen-bond acceptors (Lipinski definition) is 3. The van der Waals surface area contributed by atoms with E-state index in [9.17, 15) is 9.59 Å². The molecule has 0 bridgehead atoms. The third-order valence-corrected chi connectivity index (χ3v) is 5.62. The van der Waals surface area contributed by atoms with Crippen LogP contribution in [0.1, 0.15) is 48.7 Å². The average Bonchev–Trinajstić information content (AvgIpc) is 2.67. The topological polar surface area (TPSA) is 64.0 Å². The lowest BCUT2D eigenvalue weighted by molar-refractivity contribution is -0.120. The summed E-state index contributed by atoms with van der Waals surface area (Å²) < 4.78 is 1.30. The Bertz CT molecular complexity index is 1130. The van der Waals surface area contributed by atoms with Crippen LogP contribution in [-0.2, 0) is 30.1 Å². The molecule has 1 heterocycles. The Morgan fingerprint density at radius 1 is 1.07 bits per heavy atom. The van der Waals surface area contributed by atoms with Crippen LogP contribution in [0.3, 0.4) is 0 Å². The van der Waals surface area contributed by atoms with Gasteiger partial charge in [-0.25, -0.2) is 4.68 Å². The number of nitrogens with zero attached hydrogens (tertiary/aromatic N) is 2. The van der Waals surface area contributed by atoms with Crippen molar-refractivity contribution >= 4 is 16.7 Å². The van der Waals surface area contributed by atoms with Crippen molar-refractivity contribution in [2.24, 2.45) is 7.05 Å². The molecule has 0 saturated heterocycles. The fourth-order valence-corrected chi connectivity index (χ4v) is 3.87. The van der Waals surface area contributed by atoms with E-state index in [1.54, 1.807) is 13.1 Å². The van der Waals surface area contributed by atoms with Crippen LogP contribution in [-0.4, -0.2) is 22.2 Å². The fourth-order valence-electron chi connectivity index (χ4n) is 3.87. The molecule has 0 aliphatic heterocycles. The number of aryl methyl sites for hydroxylation is 3. The summed E-state index contributed by atoms with van der Waals surface area (Å²) in [6.07, 6.45) is 0.935. The van der Waals surface area contributed by atoms with Gasteiger partial charge in [-0.1, -0.05) is 51.1 Å². The molecule has 0 saturated carbocycles. The molecule has 1 N–H and O–H groups in total. The van der Waals surface area contributed by atoms with Crippen LogP contribution in [0, 0.1) is 13.8 Å². The monoisotopic (exact) mass is 405 g/mol. The van der Waals surface area contributed by atoms with Gasteiger partial charge in [-0.3, -0.25) is 9.59 Å². The Hall–Kier alpha value is -2.95. The largest absolute Gasteiger partial charge is 0.355 e. The standard InChI is InChI=1S/C25H31N3O2/c1-16-13-18(25(3,4)5)14-17(2)19(16)11-12-26-23(29)15-22-20-9-7-8-10-21(20)24(30)28(6)27-22/h7-10,13-14H,11-12,15H2,1-6H3,(H,26,29). The minimum atomic E-state index is -0.153. The van der Waals surface area contributed by atoms with Crippen molar-refractivity contribution in [2.75, 3.05) is 6.54 Å². The molecule has 0 aliphatic rings. The van der Waals surface area contributed by atoms with E-state index < -0.39 is 0 Å². The van der Waals surface area contributed by atoms with Crippen molar-refractivity contribution in [3.8, 4) is 0 Å². The van der Waals surface area contributed by atoms with Crippen molar-refractivity contribution in [1.82, 2.24) is 15.1 Å². The van der Waals surface area contributed by atoms with Crippen LogP contribution < -0.4 is 10.9 Å². The number of rotatable bonds is 5. The van der Waals surface area contributed by atoms with Gasteiger partial charge in [0.1, 0.15) is 0 Å². The Balaban J connectivity index is 1.69. The molecule has 3 aromatic rings. The fraction of sp³-hybridized carbons (Fsp3) is 0.400. The van der Waals surface area contributed by atoms with Gasteiger partial charge in [0.2, 0.25) is 5.91 Å². The molecular formula is C25H31N3O2. The first-order valence-electron chi connectivity index (χ1n) is 10.4. The highest BCUT2D eigenvalue weighted by Crippen LogP contribution is 2.27. The molecule has 1 amide bonds. The predicted molar refractivity (Wildman–Crippen MR) is 122 cm³/mol.